The van der Waals surface area contributed by atoms with Gasteiger partial charge in [0.25, 0.3) is 0 Å². The summed E-state index contributed by atoms with van der Waals surface area (Å²) in [6.07, 6.45) is 3.98. The van der Waals surface area contributed by atoms with Crippen molar-refractivity contribution in [2.24, 2.45) is 0 Å². The van der Waals surface area contributed by atoms with Gasteiger partial charge in [-0.3, -0.25) is 14.5 Å². The van der Waals surface area contributed by atoms with Crippen molar-refractivity contribution in [1.82, 2.24) is 10.2 Å². The molecule has 0 bridgehead atoms. The Kier molecular flexibility index (Phi) is 5.08. The lowest BCUT2D eigenvalue weighted by Crippen LogP contribution is -2.59. The smallest absolute Gasteiger partial charge is 0.412 e. The molecule has 128 valence electrons. The zero-order valence-electron chi connectivity index (χ0n) is 13.8. The minimum atomic E-state index is -1.21. The van der Waals surface area contributed by atoms with Gasteiger partial charge in [-0.15, -0.1) is 0 Å². The van der Waals surface area contributed by atoms with Crippen LogP contribution in [0.3, 0.4) is 0 Å². The number of carbonyl (C=O) groups excluding carboxylic acids is 3. The molecule has 1 fully saturated rings. The standard InChI is InChI=1S/C16H24N2O4S/c1-15(2,3)22-14(21)18-9-13(23)8-16(18,10-19)17-11-5-4-6-12(20)7-11/h7,10,13,17,23H,4-6,8-9H2,1-3H3/t13-,16-/m0/s1. The van der Waals surface area contributed by atoms with Crippen molar-refractivity contribution >= 4 is 30.8 Å². The Hall–Kier alpha value is -1.50. The molecule has 1 amide bonds. The van der Waals surface area contributed by atoms with Crippen LogP contribution in [0, 0.1) is 0 Å². The number of ketones is 1. The van der Waals surface area contributed by atoms with Crippen molar-refractivity contribution in [3.8, 4) is 0 Å². The average molecular weight is 340 g/mol. The summed E-state index contributed by atoms with van der Waals surface area (Å²) in [7, 11) is 0. The first-order valence-corrected chi connectivity index (χ1v) is 8.33. The topological polar surface area (TPSA) is 75.7 Å². The molecule has 1 aliphatic heterocycles. The Bertz CT molecular complexity index is 541. The van der Waals surface area contributed by atoms with E-state index in [-0.39, 0.29) is 11.0 Å². The fourth-order valence-electron chi connectivity index (χ4n) is 2.89. The van der Waals surface area contributed by atoms with Gasteiger partial charge in [0, 0.05) is 36.4 Å². The van der Waals surface area contributed by atoms with Gasteiger partial charge in [0.1, 0.15) is 5.60 Å². The van der Waals surface area contributed by atoms with Gasteiger partial charge in [-0.2, -0.15) is 12.6 Å². The Morgan fingerprint density at radius 1 is 1.48 bits per heavy atom. The fraction of sp³-hybridized carbons (Fsp3) is 0.688. The number of hydrogen-bond acceptors (Lipinski definition) is 6. The van der Waals surface area contributed by atoms with Crippen LogP contribution < -0.4 is 5.32 Å². The fourth-order valence-corrected chi connectivity index (χ4v) is 3.33. The van der Waals surface area contributed by atoms with Gasteiger partial charge in [-0.25, -0.2) is 4.79 Å². The van der Waals surface area contributed by atoms with Crippen LogP contribution >= 0.6 is 12.6 Å². The quantitative estimate of drug-likeness (QED) is 0.607. The zero-order chi connectivity index (χ0) is 17.3. The lowest BCUT2D eigenvalue weighted by atomic mass is 10.0. The van der Waals surface area contributed by atoms with Crippen LogP contribution in [0.2, 0.25) is 0 Å². The molecule has 0 aromatic carbocycles. The van der Waals surface area contributed by atoms with Crippen molar-refractivity contribution in [2.45, 2.75) is 63.0 Å². The van der Waals surface area contributed by atoms with E-state index in [0.717, 1.165) is 6.42 Å². The van der Waals surface area contributed by atoms with Crippen molar-refractivity contribution in [2.75, 3.05) is 6.54 Å². The summed E-state index contributed by atoms with van der Waals surface area (Å²) in [6, 6.07) is 0. The Morgan fingerprint density at radius 3 is 2.74 bits per heavy atom. The second kappa shape index (κ2) is 6.55. The number of hydrogen-bond donors (Lipinski definition) is 2. The maximum atomic E-state index is 12.5. The number of nitrogens with zero attached hydrogens (tertiary/aromatic N) is 1. The predicted molar refractivity (Wildman–Crippen MR) is 89.2 cm³/mol. The number of allylic oxidation sites excluding steroid dienone is 2. The molecule has 6 nitrogen and oxygen atoms in total. The summed E-state index contributed by atoms with van der Waals surface area (Å²) < 4.78 is 5.41. The normalized spacial score (nSPS) is 28.3. The highest BCUT2D eigenvalue weighted by molar-refractivity contribution is 7.81. The summed E-state index contributed by atoms with van der Waals surface area (Å²) in [6.45, 7) is 5.64. The molecule has 2 rings (SSSR count). The molecule has 1 saturated heterocycles. The molecular weight excluding hydrogens is 316 g/mol. The molecule has 0 aromatic heterocycles. The minimum absolute atomic E-state index is 0.0315. The largest absolute Gasteiger partial charge is 0.444 e. The van der Waals surface area contributed by atoms with Crippen molar-refractivity contribution < 1.29 is 19.1 Å². The number of carbonyl (C=O) groups is 3. The maximum Gasteiger partial charge on any atom is 0.412 e. The van der Waals surface area contributed by atoms with Crippen LogP contribution in [-0.4, -0.2) is 46.1 Å². The van der Waals surface area contributed by atoms with E-state index in [9.17, 15) is 14.4 Å². The molecule has 1 heterocycles. The van der Waals surface area contributed by atoms with Crippen LogP contribution in [0.15, 0.2) is 11.8 Å². The molecule has 7 heteroatoms. The first kappa shape index (κ1) is 17.8. The Balaban J connectivity index is 2.24. The van der Waals surface area contributed by atoms with Gasteiger partial charge < -0.3 is 10.1 Å². The van der Waals surface area contributed by atoms with E-state index in [4.69, 9.17) is 4.74 Å². The highest BCUT2D eigenvalue weighted by atomic mass is 32.1. The molecule has 0 radical (unpaired) electrons. The monoisotopic (exact) mass is 340 g/mol. The number of thiol groups is 1. The Morgan fingerprint density at radius 2 is 2.17 bits per heavy atom. The van der Waals surface area contributed by atoms with E-state index in [1.807, 2.05) is 0 Å². The van der Waals surface area contributed by atoms with Crippen LogP contribution in [0.4, 0.5) is 4.79 Å². The average Bonchev–Trinajstić information content (AvgIpc) is 2.74. The van der Waals surface area contributed by atoms with Crippen molar-refractivity contribution in [3.63, 3.8) is 0 Å². The Labute approximate surface area is 142 Å². The first-order valence-electron chi connectivity index (χ1n) is 7.82. The third kappa shape index (κ3) is 4.28. The van der Waals surface area contributed by atoms with E-state index in [2.05, 4.69) is 17.9 Å². The number of aldehydes is 1. The van der Waals surface area contributed by atoms with Crippen molar-refractivity contribution in [3.05, 3.63) is 11.8 Å². The molecule has 2 aliphatic rings. The summed E-state index contributed by atoms with van der Waals surface area (Å²) in [5.74, 6) is 0.0315. The SMILES string of the molecule is CC(C)(C)OC(=O)N1C[C@@H](S)C[C@]1(C=O)NC1=CC(=O)CCC1. The molecule has 1 N–H and O–H groups in total. The van der Waals surface area contributed by atoms with E-state index in [1.165, 1.54) is 11.0 Å². The van der Waals surface area contributed by atoms with Gasteiger partial charge in [0.15, 0.2) is 17.7 Å². The number of nitrogens with one attached hydrogen (secondary N) is 1. The van der Waals surface area contributed by atoms with E-state index in [0.29, 0.717) is 37.8 Å². The van der Waals surface area contributed by atoms with E-state index >= 15 is 0 Å². The van der Waals surface area contributed by atoms with Gasteiger partial charge in [0.05, 0.1) is 0 Å². The lowest BCUT2D eigenvalue weighted by Gasteiger charge is -2.37. The van der Waals surface area contributed by atoms with Crippen molar-refractivity contribution in [1.29, 1.82) is 0 Å². The van der Waals surface area contributed by atoms with Gasteiger partial charge in [-0.05, 0) is 33.6 Å². The first-order chi connectivity index (χ1) is 10.6. The molecule has 0 saturated carbocycles. The molecule has 1 aliphatic carbocycles. The molecule has 0 aromatic rings. The van der Waals surface area contributed by atoms with Crippen LogP contribution in [-0.2, 0) is 14.3 Å². The van der Waals surface area contributed by atoms with Crippen LogP contribution in [0.1, 0.15) is 46.5 Å². The zero-order valence-corrected chi connectivity index (χ0v) is 14.7. The molecule has 23 heavy (non-hydrogen) atoms. The third-order valence-electron chi connectivity index (χ3n) is 3.81. The second-order valence-electron chi connectivity index (χ2n) is 7.11. The highest BCUT2D eigenvalue weighted by Crippen LogP contribution is 2.32. The number of ether oxygens (including phenoxy) is 1. The van der Waals surface area contributed by atoms with Crippen LogP contribution in [0.25, 0.3) is 0 Å². The highest BCUT2D eigenvalue weighted by Gasteiger charge is 2.49. The van der Waals surface area contributed by atoms with E-state index < -0.39 is 17.4 Å². The van der Waals surface area contributed by atoms with Gasteiger partial charge >= 0.3 is 6.09 Å². The lowest BCUT2D eigenvalue weighted by molar-refractivity contribution is -0.119. The molecule has 2 atom stereocenters. The number of amides is 1. The van der Waals surface area contributed by atoms with Gasteiger partial charge in [0.2, 0.25) is 0 Å². The number of likely N-dealkylation sites (tertiary alicyclic amines) is 1. The maximum absolute atomic E-state index is 12.5. The molecule has 0 unspecified atom stereocenters. The second-order valence-corrected chi connectivity index (χ2v) is 7.84. The summed E-state index contributed by atoms with van der Waals surface area (Å²) in [5.41, 5.74) is -1.18. The van der Waals surface area contributed by atoms with Crippen LogP contribution in [0.5, 0.6) is 0 Å². The summed E-state index contributed by atoms with van der Waals surface area (Å²) >= 11 is 4.43. The summed E-state index contributed by atoms with van der Waals surface area (Å²) in [4.78, 5) is 37.3. The van der Waals surface area contributed by atoms with E-state index in [1.54, 1.807) is 20.8 Å². The minimum Gasteiger partial charge on any atom is -0.444 e. The summed E-state index contributed by atoms with van der Waals surface area (Å²) in [5, 5.41) is 2.97. The predicted octanol–water partition coefficient (Wildman–Crippen LogP) is 2.05. The molecule has 0 spiro atoms. The third-order valence-corrected chi connectivity index (χ3v) is 4.16. The number of rotatable bonds is 3. The molecular formula is C16H24N2O4S. The van der Waals surface area contributed by atoms with Gasteiger partial charge in [-0.1, -0.05) is 0 Å².